The molecule has 0 atom stereocenters. The van der Waals surface area contributed by atoms with Gasteiger partial charge in [-0.15, -0.1) is 0 Å². The Labute approximate surface area is 129 Å². The van der Waals surface area contributed by atoms with Gasteiger partial charge in [0.1, 0.15) is 10.5 Å². The fraction of sp³-hybridized carbons (Fsp3) is 0.462. The highest BCUT2D eigenvalue weighted by Crippen LogP contribution is 2.31. The number of carbonyl (C=O) groups excluding carboxylic acids is 1. The largest absolute Gasteiger partial charge is 0.494 e. The molecule has 0 saturated carbocycles. The minimum absolute atomic E-state index is 0.0559. The Morgan fingerprint density at radius 2 is 2.00 bits per heavy atom. The van der Waals surface area contributed by atoms with Crippen molar-refractivity contribution in [2.45, 2.75) is 31.1 Å². The zero-order chi connectivity index (χ0) is 16.0. The first-order chi connectivity index (χ1) is 9.81. The molecule has 118 valence electrons. The van der Waals surface area contributed by atoms with Gasteiger partial charge in [-0.25, -0.2) is 18.4 Å². The second-order valence-corrected chi connectivity index (χ2v) is 6.34. The molecule has 0 saturated heterocycles. The van der Waals surface area contributed by atoms with Gasteiger partial charge >= 0.3 is 5.97 Å². The molecule has 0 aliphatic carbocycles. The molecule has 0 bridgehead atoms. The lowest BCUT2D eigenvalue weighted by atomic mass is 10.2. The Hall–Kier alpha value is -1.31. The lowest BCUT2D eigenvalue weighted by Gasteiger charge is -2.12. The van der Waals surface area contributed by atoms with Gasteiger partial charge < -0.3 is 9.47 Å². The van der Waals surface area contributed by atoms with Gasteiger partial charge in [-0.1, -0.05) is 31.4 Å². The number of halogens is 1. The molecule has 6 nitrogen and oxygen atoms in total. The molecule has 0 aliphatic rings. The van der Waals surface area contributed by atoms with Crippen LogP contribution in [0, 0.1) is 0 Å². The summed E-state index contributed by atoms with van der Waals surface area (Å²) in [5, 5.41) is 5.15. The first-order valence-electron chi connectivity index (χ1n) is 6.38. The first-order valence-corrected chi connectivity index (χ1v) is 8.31. The fourth-order valence-corrected chi connectivity index (χ4v) is 2.76. The topological polar surface area (TPSA) is 95.7 Å². The summed E-state index contributed by atoms with van der Waals surface area (Å²) in [5.74, 6) is -0.863. The molecule has 2 N–H and O–H groups in total. The van der Waals surface area contributed by atoms with Crippen molar-refractivity contribution in [3.8, 4) is 5.75 Å². The van der Waals surface area contributed by atoms with Crippen molar-refractivity contribution in [2.24, 2.45) is 5.14 Å². The lowest BCUT2D eigenvalue weighted by Crippen LogP contribution is -2.16. The summed E-state index contributed by atoms with van der Waals surface area (Å²) >= 11 is 5.83. The van der Waals surface area contributed by atoms with Crippen LogP contribution in [0.15, 0.2) is 17.0 Å². The summed E-state index contributed by atoms with van der Waals surface area (Å²) in [5.41, 5.74) is -0.0643. The van der Waals surface area contributed by atoms with Crippen LogP contribution in [-0.4, -0.2) is 28.1 Å². The third-order valence-corrected chi connectivity index (χ3v) is 3.87. The maximum absolute atomic E-state index is 12.0. The number of esters is 1. The first kappa shape index (κ1) is 17.7. The molecule has 0 spiro atoms. The van der Waals surface area contributed by atoms with Gasteiger partial charge in [0.25, 0.3) is 0 Å². The Bertz CT molecular complexity index is 615. The van der Waals surface area contributed by atoms with Gasteiger partial charge in [0.05, 0.1) is 13.7 Å². The van der Waals surface area contributed by atoms with E-state index in [9.17, 15) is 13.2 Å². The van der Waals surface area contributed by atoms with E-state index in [2.05, 4.69) is 0 Å². The molecule has 1 aromatic carbocycles. The number of primary sulfonamides is 1. The van der Waals surface area contributed by atoms with Crippen LogP contribution in [0.25, 0.3) is 0 Å². The quantitative estimate of drug-likeness (QED) is 0.609. The number of carbonyl (C=O) groups is 1. The van der Waals surface area contributed by atoms with Gasteiger partial charge in [0.2, 0.25) is 10.0 Å². The Morgan fingerprint density at radius 1 is 1.33 bits per heavy atom. The normalized spacial score (nSPS) is 11.2. The fourth-order valence-electron chi connectivity index (χ4n) is 1.74. The zero-order valence-corrected chi connectivity index (χ0v) is 13.5. The summed E-state index contributed by atoms with van der Waals surface area (Å²) < 4.78 is 33.1. The van der Waals surface area contributed by atoms with E-state index in [-0.39, 0.29) is 27.8 Å². The van der Waals surface area contributed by atoms with E-state index < -0.39 is 16.0 Å². The SMILES string of the molecule is CCCCCOC(=O)c1cc(Cl)cc(S(N)(=O)=O)c1OC. The molecule has 1 rings (SSSR count). The van der Waals surface area contributed by atoms with Crippen molar-refractivity contribution in [3.63, 3.8) is 0 Å². The Kier molecular flexibility index (Phi) is 6.44. The maximum Gasteiger partial charge on any atom is 0.342 e. The average Bonchev–Trinajstić information content (AvgIpc) is 2.41. The lowest BCUT2D eigenvalue weighted by molar-refractivity contribution is 0.0494. The van der Waals surface area contributed by atoms with Crippen LogP contribution >= 0.6 is 11.6 Å². The second kappa shape index (κ2) is 7.63. The number of hydrogen-bond acceptors (Lipinski definition) is 5. The van der Waals surface area contributed by atoms with Crippen LogP contribution in [0.2, 0.25) is 5.02 Å². The molecule has 0 unspecified atom stereocenters. The highest BCUT2D eigenvalue weighted by atomic mass is 35.5. The van der Waals surface area contributed by atoms with Crippen molar-refractivity contribution in [3.05, 3.63) is 22.7 Å². The van der Waals surface area contributed by atoms with Crippen LogP contribution in [0.4, 0.5) is 0 Å². The molecular weight excluding hydrogens is 318 g/mol. The van der Waals surface area contributed by atoms with E-state index in [4.69, 9.17) is 26.2 Å². The summed E-state index contributed by atoms with van der Waals surface area (Å²) in [6, 6.07) is 2.42. The third kappa shape index (κ3) is 4.87. The number of sulfonamides is 1. The van der Waals surface area contributed by atoms with E-state index in [0.717, 1.165) is 25.3 Å². The predicted octanol–water partition coefficient (Wildman–Crippen LogP) is 2.34. The Balaban J connectivity index is 3.12. The second-order valence-electron chi connectivity index (χ2n) is 4.37. The van der Waals surface area contributed by atoms with Gasteiger partial charge in [0, 0.05) is 5.02 Å². The van der Waals surface area contributed by atoms with Gasteiger partial charge in [-0.05, 0) is 18.6 Å². The van der Waals surface area contributed by atoms with Gasteiger partial charge in [0.15, 0.2) is 5.75 Å². The number of rotatable bonds is 7. The molecule has 0 amide bonds. The van der Waals surface area contributed by atoms with Crippen LogP contribution < -0.4 is 9.88 Å². The van der Waals surface area contributed by atoms with Crippen LogP contribution in [0.1, 0.15) is 36.5 Å². The van der Waals surface area contributed by atoms with Crippen molar-refractivity contribution in [2.75, 3.05) is 13.7 Å². The van der Waals surface area contributed by atoms with E-state index in [1.807, 2.05) is 6.92 Å². The summed E-state index contributed by atoms with van der Waals surface area (Å²) in [4.78, 5) is 11.7. The number of hydrogen-bond donors (Lipinski definition) is 1. The molecular formula is C13H18ClNO5S. The van der Waals surface area contributed by atoms with E-state index in [0.29, 0.717) is 0 Å². The van der Waals surface area contributed by atoms with E-state index in [1.54, 1.807) is 0 Å². The van der Waals surface area contributed by atoms with Crippen LogP contribution in [0.3, 0.4) is 0 Å². The zero-order valence-electron chi connectivity index (χ0n) is 11.9. The highest BCUT2D eigenvalue weighted by Gasteiger charge is 2.24. The smallest absolute Gasteiger partial charge is 0.342 e. The molecule has 21 heavy (non-hydrogen) atoms. The number of methoxy groups -OCH3 is 1. The van der Waals surface area contributed by atoms with Gasteiger partial charge in [-0.2, -0.15) is 0 Å². The number of ether oxygens (including phenoxy) is 2. The summed E-state index contributed by atoms with van der Waals surface area (Å²) in [7, 11) is -2.83. The van der Waals surface area contributed by atoms with Crippen molar-refractivity contribution >= 4 is 27.6 Å². The molecule has 0 aromatic heterocycles. The number of benzene rings is 1. The van der Waals surface area contributed by atoms with E-state index in [1.165, 1.54) is 13.2 Å². The molecule has 1 aromatic rings. The predicted molar refractivity (Wildman–Crippen MR) is 79.2 cm³/mol. The van der Waals surface area contributed by atoms with Crippen molar-refractivity contribution in [1.82, 2.24) is 0 Å². The standard InChI is InChI=1S/C13H18ClNO5S/c1-3-4-5-6-20-13(16)10-7-9(14)8-11(12(10)19-2)21(15,17)18/h7-8H,3-6H2,1-2H3,(H2,15,17,18). The van der Waals surface area contributed by atoms with Gasteiger partial charge in [-0.3, -0.25) is 0 Å². The average molecular weight is 336 g/mol. The molecule has 8 heteroatoms. The molecule has 0 radical (unpaired) electrons. The minimum atomic E-state index is -4.07. The van der Waals surface area contributed by atoms with Crippen LogP contribution in [-0.2, 0) is 14.8 Å². The molecule has 0 fully saturated rings. The Morgan fingerprint density at radius 3 is 2.52 bits per heavy atom. The monoisotopic (exact) mass is 335 g/mol. The maximum atomic E-state index is 12.0. The minimum Gasteiger partial charge on any atom is -0.494 e. The van der Waals surface area contributed by atoms with Crippen molar-refractivity contribution < 1.29 is 22.7 Å². The summed E-state index contributed by atoms with van der Waals surface area (Å²) in [6.45, 7) is 2.27. The van der Waals surface area contributed by atoms with E-state index >= 15 is 0 Å². The van der Waals surface area contributed by atoms with Crippen LogP contribution in [0.5, 0.6) is 5.75 Å². The number of unbranched alkanes of at least 4 members (excludes halogenated alkanes) is 2. The summed E-state index contributed by atoms with van der Waals surface area (Å²) in [6.07, 6.45) is 2.66. The third-order valence-electron chi connectivity index (χ3n) is 2.73. The van der Waals surface area contributed by atoms with Crippen molar-refractivity contribution in [1.29, 1.82) is 0 Å². The highest BCUT2D eigenvalue weighted by molar-refractivity contribution is 7.89. The molecule has 0 heterocycles. The molecule has 0 aliphatic heterocycles. The number of nitrogens with two attached hydrogens (primary N) is 1.